The summed E-state index contributed by atoms with van der Waals surface area (Å²) < 4.78 is 18.8. The van der Waals surface area contributed by atoms with Crippen LogP contribution in [0.25, 0.3) is 0 Å². The van der Waals surface area contributed by atoms with Gasteiger partial charge in [-0.25, -0.2) is 9.18 Å². The van der Waals surface area contributed by atoms with Crippen molar-refractivity contribution in [2.75, 3.05) is 27.2 Å². The normalized spacial score (nSPS) is 20.2. The Hall–Kier alpha value is -1.59. The number of piperidine rings is 1. The predicted molar refractivity (Wildman–Crippen MR) is 82.2 cm³/mol. The third-order valence-corrected chi connectivity index (χ3v) is 3.38. The number of likely N-dealkylation sites (tertiary alicyclic amines) is 1. The van der Waals surface area contributed by atoms with Crippen molar-refractivity contribution in [3.8, 4) is 0 Å². The minimum absolute atomic E-state index is 0.0115. The number of amidine groups is 1. The third-order valence-electron chi connectivity index (χ3n) is 3.38. The highest BCUT2D eigenvalue weighted by Gasteiger charge is 2.30. The zero-order chi connectivity index (χ0) is 16.2. The van der Waals surface area contributed by atoms with Crippen LogP contribution in [-0.2, 0) is 4.74 Å². The highest BCUT2D eigenvalue weighted by molar-refractivity contribution is 5.95. The van der Waals surface area contributed by atoms with Crippen molar-refractivity contribution in [1.82, 2.24) is 9.80 Å². The minimum Gasteiger partial charge on any atom is -0.444 e. The molecule has 1 fully saturated rings. The van der Waals surface area contributed by atoms with Gasteiger partial charge < -0.3 is 14.5 Å². The number of carbonyl (C=O) groups is 1. The van der Waals surface area contributed by atoms with Gasteiger partial charge in [-0.2, -0.15) is 0 Å². The first kappa shape index (κ1) is 17.5. The molecular weight excluding hydrogens is 273 g/mol. The number of hydrogen-bond donors (Lipinski definition) is 0. The summed E-state index contributed by atoms with van der Waals surface area (Å²) >= 11 is 0. The van der Waals surface area contributed by atoms with Crippen LogP contribution in [0, 0.1) is 0 Å². The second-order valence-corrected chi connectivity index (χ2v) is 6.29. The molecule has 1 unspecified atom stereocenters. The summed E-state index contributed by atoms with van der Waals surface area (Å²) in [5, 5.41) is 0. The number of carbonyl (C=O) groups excluding carboxylic acids is 1. The Labute approximate surface area is 126 Å². The lowest BCUT2D eigenvalue weighted by Gasteiger charge is -2.39. The van der Waals surface area contributed by atoms with Gasteiger partial charge in [0.25, 0.3) is 0 Å². The number of ether oxygens (including phenoxy) is 1. The fourth-order valence-electron chi connectivity index (χ4n) is 2.41. The largest absolute Gasteiger partial charge is 0.444 e. The van der Waals surface area contributed by atoms with E-state index in [9.17, 15) is 9.18 Å². The molecule has 0 saturated carbocycles. The first-order valence-electron chi connectivity index (χ1n) is 7.18. The molecule has 6 heteroatoms. The van der Waals surface area contributed by atoms with Crippen molar-refractivity contribution in [3.05, 3.63) is 12.4 Å². The van der Waals surface area contributed by atoms with Gasteiger partial charge in [-0.05, 0) is 33.6 Å². The van der Waals surface area contributed by atoms with E-state index in [1.54, 1.807) is 16.8 Å². The van der Waals surface area contributed by atoms with Crippen molar-refractivity contribution in [2.45, 2.75) is 45.3 Å². The lowest BCUT2D eigenvalue weighted by atomic mass is 10.0. The third kappa shape index (κ3) is 5.02. The molecule has 120 valence electrons. The molecule has 0 bridgehead atoms. The SMILES string of the molecule is C=C(F)/C(=N\C)N(C)C1CCCN(C(=O)OC(C)(C)C)C1. The average Bonchev–Trinajstić information content (AvgIpc) is 2.37. The van der Waals surface area contributed by atoms with Crippen LogP contribution < -0.4 is 0 Å². The van der Waals surface area contributed by atoms with E-state index in [1.807, 2.05) is 20.8 Å². The molecular formula is C15H26FN3O2. The molecule has 0 aliphatic carbocycles. The lowest BCUT2D eigenvalue weighted by molar-refractivity contribution is 0.0158. The molecule has 1 aliphatic heterocycles. The molecule has 0 spiro atoms. The number of rotatable bonds is 2. The summed E-state index contributed by atoms with van der Waals surface area (Å²) in [6.07, 6.45) is 1.40. The monoisotopic (exact) mass is 299 g/mol. The molecule has 21 heavy (non-hydrogen) atoms. The van der Waals surface area contributed by atoms with Crippen LogP contribution >= 0.6 is 0 Å². The summed E-state index contributed by atoms with van der Waals surface area (Å²) in [5.74, 6) is -0.333. The van der Waals surface area contributed by atoms with Crippen LogP contribution in [0.5, 0.6) is 0 Å². The Balaban J connectivity index is 2.72. The van der Waals surface area contributed by atoms with E-state index in [0.717, 1.165) is 12.8 Å². The number of hydrogen-bond acceptors (Lipinski definition) is 3. The van der Waals surface area contributed by atoms with E-state index in [2.05, 4.69) is 11.6 Å². The molecule has 1 heterocycles. The van der Waals surface area contributed by atoms with Crippen LogP contribution in [0.4, 0.5) is 9.18 Å². The molecule has 0 aromatic carbocycles. The Morgan fingerprint density at radius 3 is 2.57 bits per heavy atom. The smallest absolute Gasteiger partial charge is 0.410 e. The van der Waals surface area contributed by atoms with E-state index in [4.69, 9.17) is 4.74 Å². The molecule has 0 aromatic heterocycles. The fourth-order valence-corrected chi connectivity index (χ4v) is 2.41. The average molecular weight is 299 g/mol. The lowest BCUT2D eigenvalue weighted by Crippen LogP contribution is -2.51. The maximum Gasteiger partial charge on any atom is 0.410 e. The Kier molecular flexibility index (Phi) is 5.75. The summed E-state index contributed by atoms with van der Waals surface area (Å²) in [4.78, 5) is 19.5. The molecule has 1 saturated heterocycles. The molecule has 1 aliphatic rings. The molecule has 0 radical (unpaired) electrons. The Morgan fingerprint density at radius 1 is 1.48 bits per heavy atom. The molecule has 0 aromatic rings. The van der Waals surface area contributed by atoms with Crippen LogP contribution in [0.3, 0.4) is 0 Å². The van der Waals surface area contributed by atoms with E-state index < -0.39 is 11.4 Å². The molecule has 1 amide bonds. The van der Waals surface area contributed by atoms with E-state index in [1.165, 1.54) is 7.05 Å². The molecule has 5 nitrogen and oxygen atoms in total. The standard InChI is InChI=1S/C15H26FN3O2/c1-11(16)13(17-5)18(6)12-8-7-9-19(10-12)14(20)21-15(2,3)4/h12H,1,7-10H2,2-6H3/b17-13+. The molecule has 1 rings (SSSR count). The van der Waals surface area contributed by atoms with Gasteiger partial charge in [0.1, 0.15) is 5.60 Å². The Bertz CT molecular complexity index is 429. The second kappa shape index (κ2) is 6.91. The van der Waals surface area contributed by atoms with Crippen molar-refractivity contribution < 1.29 is 13.9 Å². The van der Waals surface area contributed by atoms with Crippen molar-refractivity contribution in [3.63, 3.8) is 0 Å². The zero-order valence-corrected chi connectivity index (χ0v) is 13.6. The van der Waals surface area contributed by atoms with Gasteiger partial charge in [-0.15, -0.1) is 0 Å². The van der Waals surface area contributed by atoms with E-state index in [0.29, 0.717) is 13.1 Å². The summed E-state index contributed by atoms with van der Waals surface area (Å²) in [6.45, 7) is 9.98. The van der Waals surface area contributed by atoms with Gasteiger partial charge in [0.2, 0.25) is 0 Å². The highest BCUT2D eigenvalue weighted by atomic mass is 19.1. The Morgan fingerprint density at radius 2 is 2.10 bits per heavy atom. The summed E-state index contributed by atoms with van der Waals surface area (Å²) in [6, 6.07) is 0.0115. The van der Waals surface area contributed by atoms with Crippen molar-refractivity contribution in [1.29, 1.82) is 0 Å². The topological polar surface area (TPSA) is 45.1 Å². The van der Waals surface area contributed by atoms with Crippen LogP contribution in [0.1, 0.15) is 33.6 Å². The fraction of sp³-hybridized carbons (Fsp3) is 0.733. The molecule has 1 atom stereocenters. The first-order chi connectivity index (χ1) is 9.65. The summed E-state index contributed by atoms with van der Waals surface area (Å²) in [5.41, 5.74) is -0.515. The van der Waals surface area contributed by atoms with Gasteiger partial charge in [0, 0.05) is 33.2 Å². The van der Waals surface area contributed by atoms with Crippen molar-refractivity contribution >= 4 is 11.9 Å². The van der Waals surface area contributed by atoms with Crippen LogP contribution in [-0.4, -0.2) is 60.6 Å². The van der Waals surface area contributed by atoms with Gasteiger partial charge in [-0.3, -0.25) is 4.99 Å². The van der Waals surface area contributed by atoms with Gasteiger partial charge >= 0.3 is 6.09 Å². The van der Waals surface area contributed by atoms with E-state index in [-0.39, 0.29) is 18.0 Å². The second-order valence-electron chi connectivity index (χ2n) is 6.29. The number of likely N-dealkylation sites (N-methyl/N-ethyl adjacent to an activating group) is 1. The van der Waals surface area contributed by atoms with Gasteiger partial charge in [0.05, 0.1) is 0 Å². The predicted octanol–water partition coefficient (Wildman–Crippen LogP) is 2.83. The number of aliphatic imine (C=N–C) groups is 1. The first-order valence-corrected chi connectivity index (χ1v) is 7.18. The maximum atomic E-state index is 13.4. The van der Waals surface area contributed by atoms with Crippen LogP contribution in [0.2, 0.25) is 0 Å². The van der Waals surface area contributed by atoms with E-state index >= 15 is 0 Å². The molecule has 0 N–H and O–H groups in total. The highest BCUT2D eigenvalue weighted by Crippen LogP contribution is 2.19. The number of amides is 1. The summed E-state index contributed by atoms with van der Waals surface area (Å²) in [7, 11) is 3.31. The van der Waals surface area contributed by atoms with Gasteiger partial charge in [0.15, 0.2) is 11.7 Å². The number of nitrogens with zero attached hydrogens (tertiary/aromatic N) is 3. The van der Waals surface area contributed by atoms with Gasteiger partial charge in [-0.1, -0.05) is 6.58 Å². The maximum absolute atomic E-state index is 13.4. The quantitative estimate of drug-likeness (QED) is 0.582. The number of halogens is 1. The van der Waals surface area contributed by atoms with Crippen molar-refractivity contribution in [2.24, 2.45) is 4.99 Å². The van der Waals surface area contributed by atoms with Crippen LogP contribution in [0.15, 0.2) is 17.4 Å². The minimum atomic E-state index is -0.561. The zero-order valence-electron chi connectivity index (χ0n) is 13.6.